The second kappa shape index (κ2) is 7.53. The van der Waals surface area contributed by atoms with Gasteiger partial charge in [-0.2, -0.15) is 4.37 Å². The van der Waals surface area contributed by atoms with Crippen molar-refractivity contribution in [3.8, 4) is 50.3 Å². The molecule has 136 valence electrons. The maximum absolute atomic E-state index is 10.1. The third-order valence-electron chi connectivity index (χ3n) is 3.99. The summed E-state index contributed by atoms with van der Waals surface area (Å²) >= 11 is 1.35. The molecule has 2 aromatic carbocycles. The van der Waals surface area contributed by atoms with Gasteiger partial charge in [-0.3, -0.25) is 0 Å². The van der Waals surface area contributed by atoms with E-state index in [4.69, 9.17) is 18.9 Å². The summed E-state index contributed by atoms with van der Waals surface area (Å²) < 4.78 is 25.7. The molecule has 1 N–H and O–H groups in total. The number of methoxy groups -OCH3 is 4. The molecule has 1 aromatic heterocycles. The van der Waals surface area contributed by atoms with Crippen molar-refractivity contribution in [2.24, 2.45) is 0 Å². The average Bonchev–Trinajstić information content (AvgIpc) is 3.16. The first kappa shape index (κ1) is 17.9. The SMILES string of the molecule is COc1ccc(-c2cnsc2-c2cc(OC)c(OC)c(OC)c2)cc1O. The monoisotopic (exact) mass is 373 g/mol. The van der Waals surface area contributed by atoms with Crippen LogP contribution in [0.15, 0.2) is 36.5 Å². The molecule has 7 heteroatoms. The normalized spacial score (nSPS) is 10.5. The maximum Gasteiger partial charge on any atom is 0.203 e. The molecule has 1 heterocycles. The van der Waals surface area contributed by atoms with E-state index in [2.05, 4.69) is 4.37 Å². The Balaban J connectivity index is 2.13. The fraction of sp³-hybridized carbons (Fsp3) is 0.211. The molecule has 6 nitrogen and oxygen atoms in total. The van der Waals surface area contributed by atoms with E-state index in [1.54, 1.807) is 39.7 Å². The van der Waals surface area contributed by atoms with E-state index >= 15 is 0 Å². The van der Waals surface area contributed by atoms with Gasteiger partial charge in [-0.15, -0.1) is 0 Å². The zero-order chi connectivity index (χ0) is 18.7. The van der Waals surface area contributed by atoms with Crippen molar-refractivity contribution in [1.29, 1.82) is 0 Å². The standard InChI is InChI=1S/C19H19NO5S/c1-22-15-6-5-11(7-14(15)21)13-10-20-26-19(13)12-8-16(23-2)18(25-4)17(9-12)24-3/h5-10,21H,1-4H3. The number of aromatic nitrogens is 1. The first-order chi connectivity index (χ1) is 12.6. The van der Waals surface area contributed by atoms with Crippen molar-refractivity contribution in [2.75, 3.05) is 28.4 Å². The Morgan fingerprint density at radius 3 is 2.00 bits per heavy atom. The van der Waals surface area contributed by atoms with Gasteiger partial charge in [-0.05, 0) is 41.4 Å². The van der Waals surface area contributed by atoms with Gasteiger partial charge in [0.2, 0.25) is 5.75 Å². The predicted molar refractivity (Wildman–Crippen MR) is 101 cm³/mol. The predicted octanol–water partition coefficient (Wildman–Crippen LogP) is 4.22. The zero-order valence-electron chi connectivity index (χ0n) is 14.9. The number of benzene rings is 2. The van der Waals surface area contributed by atoms with Gasteiger partial charge in [0.1, 0.15) is 0 Å². The van der Waals surface area contributed by atoms with Crippen molar-refractivity contribution < 1.29 is 24.1 Å². The molecule has 0 amide bonds. The molecule has 0 bridgehead atoms. The van der Waals surface area contributed by atoms with Gasteiger partial charge in [0.25, 0.3) is 0 Å². The molecule has 0 atom stereocenters. The summed E-state index contributed by atoms with van der Waals surface area (Å²) in [4.78, 5) is 0.925. The van der Waals surface area contributed by atoms with Crippen molar-refractivity contribution in [2.45, 2.75) is 0 Å². The van der Waals surface area contributed by atoms with E-state index in [-0.39, 0.29) is 5.75 Å². The summed E-state index contributed by atoms with van der Waals surface area (Å²) in [6.07, 6.45) is 1.77. The Hall–Kier alpha value is -2.93. The third kappa shape index (κ3) is 3.13. The van der Waals surface area contributed by atoms with Gasteiger partial charge < -0.3 is 24.1 Å². The van der Waals surface area contributed by atoms with Gasteiger partial charge >= 0.3 is 0 Å². The molecule has 0 fully saturated rings. The molecule has 0 aliphatic carbocycles. The van der Waals surface area contributed by atoms with Crippen LogP contribution in [0.3, 0.4) is 0 Å². The molecule has 0 saturated heterocycles. The Labute approximate surface area is 155 Å². The lowest BCUT2D eigenvalue weighted by Crippen LogP contribution is -1.95. The van der Waals surface area contributed by atoms with Crippen molar-refractivity contribution >= 4 is 11.5 Å². The van der Waals surface area contributed by atoms with Crippen LogP contribution in [0.25, 0.3) is 21.6 Å². The second-order valence-corrected chi connectivity index (χ2v) is 6.17. The Bertz CT molecular complexity index is 897. The van der Waals surface area contributed by atoms with Crippen LogP contribution in [0.1, 0.15) is 0 Å². The van der Waals surface area contributed by atoms with Crippen LogP contribution in [0, 0.1) is 0 Å². The minimum Gasteiger partial charge on any atom is -0.504 e. The lowest BCUT2D eigenvalue weighted by Gasteiger charge is -2.14. The molecule has 3 aromatic rings. The summed E-state index contributed by atoms with van der Waals surface area (Å²) in [5.41, 5.74) is 2.61. The van der Waals surface area contributed by atoms with Crippen LogP contribution in [-0.4, -0.2) is 37.9 Å². The third-order valence-corrected chi connectivity index (χ3v) is 4.84. The first-order valence-corrected chi connectivity index (χ1v) is 8.52. The molecule has 0 saturated carbocycles. The minimum atomic E-state index is 0.0760. The highest BCUT2D eigenvalue weighted by Gasteiger charge is 2.18. The minimum absolute atomic E-state index is 0.0760. The molecule has 26 heavy (non-hydrogen) atoms. The van der Waals surface area contributed by atoms with Crippen molar-refractivity contribution in [1.82, 2.24) is 4.37 Å². The van der Waals surface area contributed by atoms with Gasteiger partial charge in [0.15, 0.2) is 23.0 Å². The summed E-state index contributed by atoms with van der Waals surface area (Å²) in [6.45, 7) is 0. The van der Waals surface area contributed by atoms with Crippen molar-refractivity contribution in [3.05, 3.63) is 36.5 Å². The van der Waals surface area contributed by atoms with E-state index < -0.39 is 0 Å². The Morgan fingerprint density at radius 1 is 0.808 bits per heavy atom. The van der Waals surface area contributed by atoms with Crippen LogP contribution in [-0.2, 0) is 0 Å². The fourth-order valence-electron chi connectivity index (χ4n) is 2.72. The Kier molecular flexibility index (Phi) is 5.18. The van der Waals surface area contributed by atoms with E-state index in [1.807, 2.05) is 18.2 Å². The molecule has 0 unspecified atom stereocenters. The molecule has 0 aliphatic heterocycles. The summed E-state index contributed by atoms with van der Waals surface area (Å²) in [6, 6.07) is 9.01. The number of phenolic OH excluding ortho intramolecular Hbond substituents is 1. The summed E-state index contributed by atoms with van der Waals surface area (Å²) in [5.74, 6) is 2.17. The fourth-order valence-corrected chi connectivity index (χ4v) is 3.48. The number of hydrogen-bond acceptors (Lipinski definition) is 7. The lowest BCUT2D eigenvalue weighted by atomic mass is 10.0. The number of rotatable bonds is 6. The number of nitrogens with zero attached hydrogens (tertiary/aromatic N) is 1. The lowest BCUT2D eigenvalue weighted by molar-refractivity contribution is 0.324. The molecule has 3 rings (SSSR count). The van der Waals surface area contributed by atoms with Crippen LogP contribution < -0.4 is 18.9 Å². The van der Waals surface area contributed by atoms with Gasteiger partial charge in [0.05, 0.1) is 33.3 Å². The highest BCUT2D eigenvalue weighted by molar-refractivity contribution is 7.10. The van der Waals surface area contributed by atoms with Gasteiger partial charge in [0, 0.05) is 17.3 Å². The highest BCUT2D eigenvalue weighted by atomic mass is 32.1. The summed E-state index contributed by atoms with van der Waals surface area (Å²) in [7, 11) is 6.24. The van der Waals surface area contributed by atoms with Crippen LogP contribution in [0.2, 0.25) is 0 Å². The van der Waals surface area contributed by atoms with Crippen LogP contribution in [0.5, 0.6) is 28.7 Å². The van der Waals surface area contributed by atoms with E-state index in [9.17, 15) is 5.11 Å². The van der Waals surface area contributed by atoms with Gasteiger partial charge in [-0.1, -0.05) is 6.07 Å². The molecular weight excluding hydrogens is 354 g/mol. The molecule has 0 spiro atoms. The topological polar surface area (TPSA) is 70.0 Å². The number of phenols is 1. The highest BCUT2D eigenvalue weighted by Crippen LogP contribution is 2.45. The number of ether oxygens (including phenoxy) is 4. The molecule has 0 aliphatic rings. The van der Waals surface area contributed by atoms with E-state index in [0.29, 0.717) is 23.0 Å². The molecular formula is C19H19NO5S. The van der Waals surface area contributed by atoms with Gasteiger partial charge in [-0.25, -0.2) is 0 Å². The van der Waals surface area contributed by atoms with Crippen LogP contribution in [0.4, 0.5) is 0 Å². The van der Waals surface area contributed by atoms with Crippen molar-refractivity contribution in [3.63, 3.8) is 0 Å². The van der Waals surface area contributed by atoms with E-state index in [0.717, 1.165) is 21.6 Å². The Morgan fingerprint density at radius 2 is 1.46 bits per heavy atom. The van der Waals surface area contributed by atoms with Crippen LogP contribution >= 0.6 is 11.5 Å². The quantitative estimate of drug-likeness (QED) is 0.698. The maximum atomic E-state index is 10.1. The second-order valence-electron chi connectivity index (χ2n) is 5.37. The first-order valence-electron chi connectivity index (χ1n) is 7.75. The average molecular weight is 373 g/mol. The van der Waals surface area contributed by atoms with E-state index in [1.165, 1.54) is 18.6 Å². The number of hydrogen-bond donors (Lipinski definition) is 1. The molecule has 0 radical (unpaired) electrons. The smallest absolute Gasteiger partial charge is 0.203 e. The number of aromatic hydroxyl groups is 1. The summed E-state index contributed by atoms with van der Waals surface area (Å²) in [5, 5.41) is 10.1. The zero-order valence-corrected chi connectivity index (χ0v) is 15.7. The largest absolute Gasteiger partial charge is 0.504 e.